The molecule has 0 saturated heterocycles. The van der Waals surface area contributed by atoms with Crippen molar-refractivity contribution in [3.8, 4) is 11.5 Å². The molecule has 0 fully saturated rings. The summed E-state index contributed by atoms with van der Waals surface area (Å²) < 4.78 is 10.3. The Balaban J connectivity index is 2.87. The Kier molecular flexibility index (Phi) is 5.36. The van der Waals surface area contributed by atoms with E-state index in [1.54, 1.807) is 12.1 Å². The van der Waals surface area contributed by atoms with E-state index in [-0.39, 0.29) is 18.6 Å². The molecular weight excluding hydrogens is 248 g/mol. The smallest absolute Gasteiger partial charge is 0.303 e. The number of carbonyl (C=O) groups is 2. The molecule has 0 unspecified atom stereocenters. The molecule has 0 radical (unpaired) electrons. The average molecular weight is 266 g/mol. The van der Waals surface area contributed by atoms with Gasteiger partial charge >= 0.3 is 5.97 Å². The zero-order valence-electron chi connectivity index (χ0n) is 11.4. The lowest BCUT2D eigenvalue weighted by Gasteiger charge is -2.12. The first-order chi connectivity index (χ1) is 8.99. The number of benzene rings is 1. The van der Waals surface area contributed by atoms with Crippen LogP contribution in [0.4, 0.5) is 0 Å². The number of aliphatic carboxylic acids is 1. The summed E-state index contributed by atoms with van der Waals surface area (Å²) in [5.41, 5.74) is 1.33. The quantitative estimate of drug-likeness (QED) is 0.767. The van der Waals surface area contributed by atoms with E-state index in [0.717, 1.165) is 5.56 Å². The SMILES string of the molecule is COc1cc(C)c(C(=O)CCCC(=O)O)cc1OC. The number of carbonyl (C=O) groups excluding carboxylic acids is 1. The molecule has 0 atom stereocenters. The van der Waals surface area contributed by atoms with Crippen molar-refractivity contribution in [2.75, 3.05) is 14.2 Å². The van der Waals surface area contributed by atoms with Crippen molar-refractivity contribution in [2.24, 2.45) is 0 Å². The molecule has 0 saturated carbocycles. The molecule has 1 N–H and O–H groups in total. The highest BCUT2D eigenvalue weighted by Crippen LogP contribution is 2.30. The summed E-state index contributed by atoms with van der Waals surface area (Å²) in [6, 6.07) is 3.38. The van der Waals surface area contributed by atoms with Crippen LogP contribution in [0.3, 0.4) is 0 Å². The summed E-state index contributed by atoms with van der Waals surface area (Å²) in [5, 5.41) is 8.55. The average Bonchev–Trinajstić information content (AvgIpc) is 2.37. The monoisotopic (exact) mass is 266 g/mol. The molecule has 0 aliphatic heterocycles. The third-order valence-electron chi connectivity index (χ3n) is 2.83. The van der Waals surface area contributed by atoms with Crippen LogP contribution < -0.4 is 9.47 Å². The fourth-order valence-corrected chi connectivity index (χ4v) is 1.82. The van der Waals surface area contributed by atoms with Crippen molar-refractivity contribution in [2.45, 2.75) is 26.2 Å². The normalized spacial score (nSPS) is 10.1. The molecule has 0 aliphatic rings. The van der Waals surface area contributed by atoms with E-state index in [4.69, 9.17) is 14.6 Å². The van der Waals surface area contributed by atoms with Crippen molar-refractivity contribution >= 4 is 11.8 Å². The minimum atomic E-state index is -0.892. The Bertz CT molecular complexity index is 479. The van der Waals surface area contributed by atoms with Gasteiger partial charge in [-0.3, -0.25) is 9.59 Å². The molecule has 1 rings (SSSR count). The fraction of sp³-hybridized carbons (Fsp3) is 0.429. The maximum atomic E-state index is 12.0. The highest BCUT2D eigenvalue weighted by atomic mass is 16.5. The predicted octanol–water partition coefficient (Wildman–Crippen LogP) is 2.45. The van der Waals surface area contributed by atoms with E-state index >= 15 is 0 Å². The first-order valence-corrected chi connectivity index (χ1v) is 5.97. The molecule has 104 valence electrons. The van der Waals surface area contributed by atoms with Gasteiger partial charge in [0, 0.05) is 18.4 Å². The summed E-state index contributed by atoms with van der Waals surface area (Å²) in [4.78, 5) is 22.4. The highest BCUT2D eigenvalue weighted by molar-refractivity contribution is 5.98. The van der Waals surface area contributed by atoms with Gasteiger partial charge in [-0.1, -0.05) is 0 Å². The summed E-state index contributed by atoms with van der Waals surface area (Å²) in [5.74, 6) is 0.0910. The second-order valence-corrected chi connectivity index (χ2v) is 4.19. The van der Waals surface area contributed by atoms with Crippen LogP contribution >= 0.6 is 0 Å². The number of carboxylic acids is 1. The largest absolute Gasteiger partial charge is 0.493 e. The minimum absolute atomic E-state index is 0.00191. The van der Waals surface area contributed by atoms with E-state index in [9.17, 15) is 9.59 Å². The molecule has 5 nitrogen and oxygen atoms in total. The van der Waals surface area contributed by atoms with Gasteiger partial charge in [0.05, 0.1) is 14.2 Å². The molecule has 1 aromatic rings. The standard InChI is InChI=1S/C14H18O5/c1-9-7-12(18-2)13(19-3)8-10(9)11(15)5-4-6-14(16)17/h7-8H,4-6H2,1-3H3,(H,16,17). The van der Waals surface area contributed by atoms with Crippen LogP contribution in [-0.2, 0) is 4.79 Å². The van der Waals surface area contributed by atoms with Gasteiger partial charge < -0.3 is 14.6 Å². The van der Waals surface area contributed by atoms with Gasteiger partial charge in [0.2, 0.25) is 0 Å². The summed E-state index contributed by atoms with van der Waals surface area (Å²) >= 11 is 0. The predicted molar refractivity (Wildman–Crippen MR) is 70.1 cm³/mol. The van der Waals surface area contributed by atoms with E-state index in [1.807, 2.05) is 6.92 Å². The van der Waals surface area contributed by atoms with E-state index in [2.05, 4.69) is 0 Å². The lowest BCUT2D eigenvalue weighted by molar-refractivity contribution is -0.137. The summed E-state index contributed by atoms with van der Waals surface area (Å²) in [7, 11) is 3.04. The van der Waals surface area contributed by atoms with Crippen LogP contribution in [0.1, 0.15) is 35.2 Å². The second kappa shape index (κ2) is 6.78. The Labute approximate surface area is 112 Å². The van der Waals surface area contributed by atoms with E-state index in [0.29, 0.717) is 23.5 Å². The Morgan fingerprint density at radius 1 is 1.11 bits per heavy atom. The highest BCUT2D eigenvalue weighted by Gasteiger charge is 2.14. The van der Waals surface area contributed by atoms with Crippen molar-refractivity contribution in [1.82, 2.24) is 0 Å². The van der Waals surface area contributed by atoms with Crippen LogP contribution in [0.25, 0.3) is 0 Å². The van der Waals surface area contributed by atoms with E-state index < -0.39 is 5.97 Å². The van der Waals surface area contributed by atoms with Gasteiger partial charge in [-0.2, -0.15) is 0 Å². The number of hydrogen-bond donors (Lipinski definition) is 1. The lowest BCUT2D eigenvalue weighted by Crippen LogP contribution is -2.05. The second-order valence-electron chi connectivity index (χ2n) is 4.19. The number of methoxy groups -OCH3 is 2. The van der Waals surface area contributed by atoms with Gasteiger partial charge in [0.1, 0.15) is 0 Å². The maximum Gasteiger partial charge on any atom is 0.303 e. The number of carboxylic acid groups (broad SMARTS) is 1. The third-order valence-corrected chi connectivity index (χ3v) is 2.83. The molecule has 19 heavy (non-hydrogen) atoms. The topological polar surface area (TPSA) is 72.8 Å². The Hall–Kier alpha value is -2.04. The molecule has 0 aliphatic carbocycles. The lowest BCUT2D eigenvalue weighted by atomic mass is 10.00. The van der Waals surface area contributed by atoms with Crippen molar-refractivity contribution in [3.05, 3.63) is 23.3 Å². The fourth-order valence-electron chi connectivity index (χ4n) is 1.82. The van der Waals surface area contributed by atoms with Crippen molar-refractivity contribution in [3.63, 3.8) is 0 Å². The molecule has 5 heteroatoms. The molecule has 0 amide bonds. The molecule has 1 aromatic carbocycles. The summed E-state index contributed by atoms with van der Waals surface area (Å²) in [6.45, 7) is 1.81. The zero-order chi connectivity index (χ0) is 14.4. The zero-order valence-corrected chi connectivity index (χ0v) is 11.4. The van der Waals surface area contributed by atoms with Gasteiger partial charge in [-0.05, 0) is 31.0 Å². The van der Waals surface area contributed by atoms with Gasteiger partial charge in [-0.25, -0.2) is 0 Å². The van der Waals surface area contributed by atoms with Crippen LogP contribution in [0, 0.1) is 6.92 Å². The van der Waals surface area contributed by atoms with Crippen LogP contribution in [-0.4, -0.2) is 31.1 Å². The number of ketones is 1. The van der Waals surface area contributed by atoms with E-state index in [1.165, 1.54) is 14.2 Å². The van der Waals surface area contributed by atoms with Crippen LogP contribution in [0.15, 0.2) is 12.1 Å². The van der Waals surface area contributed by atoms with Gasteiger partial charge in [0.25, 0.3) is 0 Å². The number of aryl methyl sites for hydroxylation is 1. The molecular formula is C14H18O5. The van der Waals surface area contributed by atoms with Crippen LogP contribution in [0.5, 0.6) is 11.5 Å². The van der Waals surface area contributed by atoms with Gasteiger partial charge in [0.15, 0.2) is 17.3 Å². The molecule has 0 spiro atoms. The van der Waals surface area contributed by atoms with Crippen molar-refractivity contribution < 1.29 is 24.2 Å². The first-order valence-electron chi connectivity index (χ1n) is 5.97. The molecule has 0 bridgehead atoms. The molecule has 0 heterocycles. The first kappa shape index (κ1) is 15.0. The van der Waals surface area contributed by atoms with Gasteiger partial charge in [-0.15, -0.1) is 0 Å². The minimum Gasteiger partial charge on any atom is -0.493 e. The maximum absolute atomic E-state index is 12.0. The molecule has 0 aromatic heterocycles. The number of Topliss-reactive ketones (excluding diaryl/α,β-unsaturated/α-hetero) is 1. The number of ether oxygens (including phenoxy) is 2. The van der Waals surface area contributed by atoms with Crippen molar-refractivity contribution in [1.29, 1.82) is 0 Å². The summed E-state index contributed by atoms with van der Waals surface area (Å²) in [6.07, 6.45) is 0.544. The number of rotatable bonds is 7. The number of hydrogen-bond acceptors (Lipinski definition) is 4. The third kappa shape index (κ3) is 3.98. The Morgan fingerprint density at radius 3 is 2.21 bits per heavy atom. The Morgan fingerprint density at radius 2 is 1.68 bits per heavy atom. The van der Waals surface area contributed by atoms with Crippen LogP contribution in [0.2, 0.25) is 0 Å².